The van der Waals surface area contributed by atoms with Crippen molar-refractivity contribution in [2.75, 3.05) is 0 Å². The standard InChI is InChI=1S/C13H11Br2N3O2/c14-8-4-5-12(10(15)6-8)20-7-9-2-1-3-11(17-9)13(19)18-16/h1-6H,7,16H2,(H,18,19). The Bertz CT molecular complexity index is 635. The molecule has 0 radical (unpaired) electrons. The van der Waals surface area contributed by atoms with Crippen LogP contribution in [0.3, 0.4) is 0 Å². The van der Waals surface area contributed by atoms with Gasteiger partial charge >= 0.3 is 0 Å². The van der Waals surface area contributed by atoms with Gasteiger partial charge in [-0.1, -0.05) is 22.0 Å². The molecule has 2 rings (SSSR count). The molecule has 5 nitrogen and oxygen atoms in total. The van der Waals surface area contributed by atoms with Crippen molar-refractivity contribution in [2.45, 2.75) is 6.61 Å². The molecule has 1 amide bonds. The van der Waals surface area contributed by atoms with Crippen LogP contribution in [0, 0.1) is 0 Å². The lowest BCUT2D eigenvalue weighted by molar-refractivity contribution is 0.0948. The van der Waals surface area contributed by atoms with Gasteiger partial charge in [0.1, 0.15) is 18.1 Å². The quantitative estimate of drug-likeness (QED) is 0.470. The molecule has 20 heavy (non-hydrogen) atoms. The van der Waals surface area contributed by atoms with E-state index in [1.54, 1.807) is 18.2 Å². The van der Waals surface area contributed by atoms with Crippen molar-refractivity contribution < 1.29 is 9.53 Å². The van der Waals surface area contributed by atoms with Crippen LogP contribution in [0.2, 0.25) is 0 Å². The van der Waals surface area contributed by atoms with E-state index in [1.807, 2.05) is 23.6 Å². The molecule has 0 unspecified atom stereocenters. The number of ether oxygens (including phenoxy) is 1. The lowest BCUT2D eigenvalue weighted by Crippen LogP contribution is -2.30. The Balaban J connectivity index is 2.09. The largest absolute Gasteiger partial charge is 0.486 e. The summed E-state index contributed by atoms with van der Waals surface area (Å²) in [5, 5.41) is 0. The molecule has 0 saturated carbocycles. The highest BCUT2D eigenvalue weighted by Crippen LogP contribution is 2.28. The van der Waals surface area contributed by atoms with Gasteiger partial charge in [0.05, 0.1) is 10.2 Å². The fourth-order valence-electron chi connectivity index (χ4n) is 1.50. The Morgan fingerprint density at radius 1 is 1.30 bits per heavy atom. The number of nitrogens with one attached hydrogen (secondary N) is 1. The van der Waals surface area contributed by atoms with Crippen LogP contribution in [0.15, 0.2) is 45.3 Å². The van der Waals surface area contributed by atoms with Crippen LogP contribution < -0.4 is 16.0 Å². The Morgan fingerprint density at radius 3 is 2.80 bits per heavy atom. The van der Waals surface area contributed by atoms with E-state index in [1.165, 1.54) is 0 Å². The third-order valence-electron chi connectivity index (χ3n) is 2.44. The monoisotopic (exact) mass is 399 g/mol. The molecule has 0 aliphatic carbocycles. The normalized spacial score (nSPS) is 10.2. The predicted octanol–water partition coefficient (Wildman–Crippen LogP) is 2.79. The lowest BCUT2D eigenvalue weighted by Gasteiger charge is -2.08. The molecule has 1 heterocycles. The Morgan fingerprint density at radius 2 is 2.10 bits per heavy atom. The molecular weight excluding hydrogens is 390 g/mol. The molecule has 2 aromatic rings. The van der Waals surface area contributed by atoms with E-state index < -0.39 is 5.91 Å². The highest BCUT2D eigenvalue weighted by molar-refractivity contribution is 9.11. The second-order valence-corrected chi connectivity index (χ2v) is 5.62. The number of rotatable bonds is 4. The number of amides is 1. The minimum atomic E-state index is -0.434. The summed E-state index contributed by atoms with van der Waals surface area (Å²) >= 11 is 6.78. The van der Waals surface area contributed by atoms with E-state index in [4.69, 9.17) is 10.6 Å². The summed E-state index contributed by atoms with van der Waals surface area (Å²) in [6, 6.07) is 10.7. The maximum atomic E-state index is 11.4. The second kappa shape index (κ2) is 6.83. The number of nitrogen functional groups attached to an aromatic ring is 1. The minimum Gasteiger partial charge on any atom is -0.486 e. The summed E-state index contributed by atoms with van der Waals surface area (Å²) in [6.07, 6.45) is 0. The number of carbonyl (C=O) groups is 1. The zero-order valence-electron chi connectivity index (χ0n) is 10.3. The average Bonchev–Trinajstić information content (AvgIpc) is 2.46. The number of hydrazine groups is 1. The van der Waals surface area contributed by atoms with Crippen LogP contribution in [0.1, 0.15) is 16.2 Å². The molecule has 0 atom stereocenters. The molecule has 0 fully saturated rings. The van der Waals surface area contributed by atoms with E-state index in [0.29, 0.717) is 11.4 Å². The van der Waals surface area contributed by atoms with E-state index in [2.05, 4.69) is 36.8 Å². The van der Waals surface area contributed by atoms with Gasteiger partial charge in [0.15, 0.2) is 0 Å². The number of benzene rings is 1. The molecule has 0 aliphatic rings. The van der Waals surface area contributed by atoms with Crippen LogP contribution >= 0.6 is 31.9 Å². The smallest absolute Gasteiger partial charge is 0.283 e. The van der Waals surface area contributed by atoms with Crippen molar-refractivity contribution in [1.29, 1.82) is 0 Å². The molecule has 0 spiro atoms. The Kier molecular flexibility index (Phi) is 5.11. The first kappa shape index (κ1) is 15.0. The summed E-state index contributed by atoms with van der Waals surface area (Å²) in [6.45, 7) is 0.256. The molecule has 0 saturated heterocycles. The molecule has 3 N–H and O–H groups in total. The number of carbonyl (C=O) groups excluding carboxylic acids is 1. The lowest BCUT2D eigenvalue weighted by atomic mass is 10.3. The van der Waals surface area contributed by atoms with Gasteiger partial charge in [-0.3, -0.25) is 10.2 Å². The maximum Gasteiger partial charge on any atom is 0.283 e. The first-order valence-corrected chi connectivity index (χ1v) is 7.23. The van der Waals surface area contributed by atoms with Gasteiger partial charge in [-0.05, 0) is 46.3 Å². The maximum absolute atomic E-state index is 11.4. The van der Waals surface area contributed by atoms with Gasteiger partial charge in [0.25, 0.3) is 5.91 Å². The highest BCUT2D eigenvalue weighted by atomic mass is 79.9. The zero-order valence-corrected chi connectivity index (χ0v) is 13.4. The Labute approximate surface area is 132 Å². The fourth-order valence-corrected chi connectivity index (χ4v) is 2.67. The van der Waals surface area contributed by atoms with Crippen molar-refractivity contribution in [3.8, 4) is 5.75 Å². The summed E-state index contributed by atoms with van der Waals surface area (Å²) < 4.78 is 7.44. The first-order chi connectivity index (χ1) is 9.60. The molecule has 0 bridgehead atoms. The van der Waals surface area contributed by atoms with Crippen LogP contribution in [-0.2, 0) is 6.61 Å². The molecule has 1 aromatic heterocycles. The molecule has 1 aromatic carbocycles. The first-order valence-electron chi connectivity index (χ1n) is 5.65. The molecular formula is C13H11Br2N3O2. The number of hydrogen-bond donors (Lipinski definition) is 2. The highest BCUT2D eigenvalue weighted by Gasteiger charge is 2.07. The number of nitrogens with two attached hydrogens (primary N) is 1. The van der Waals surface area contributed by atoms with Crippen molar-refractivity contribution in [3.05, 3.63) is 56.7 Å². The number of nitrogens with zero attached hydrogens (tertiary/aromatic N) is 1. The Hall–Kier alpha value is -1.44. The summed E-state index contributed by atoms with van der Waals surface area (Å²) in [5.41, 5.74) is 2.94. The van der Waals surface area contributed by atoms with Crippen molar-refractivity contribution >= 4 is 37.8 Å². The molecule has 7 heteroatoms. The van der Waals surface area contributed by atoms with Gasteiger partial charge < -0.3 is 4.74 Å². The summed E-state index contributed by atoms with van der Waals surface area (Å²) in [4.78, 5) is 15.5. The van der Waals surface area contributed by atoms with Crippen molar-refractivity contribution in [1.82, 2.24) is 10.4 Å². The van der Waals surface area contributed by atoms with E-state index in [9.17, 15) is 4.79 Å². The topological polar surface area (TPSA) is 77.2 Å². The molecule has 0 aliphatic heterocycles. The van der Waals surface area contributed by atoms with E-state index in [0.717, 1.165) is 8.95 Å². The SMILES string of the molecule is NNC(=O)c1cccc(COc2ccc(Br)cc2Br)n1. The second-order valence-electron chi connectivity index (χ2n) is 3.85. The molecule has 104 valence electrons. The third kappa shape index (κ3) is 3.78. The van der Waals surface area contributed by atoms with Crippen LogP contribution in [0.5, 0.6) is 5.75 Å². The van der Waals surface area contributed by atoms with E-state index in [-0.39, 0.29) is 12.3 Å². The average molecular weight is 401 g/mol. The van der Waals surface area contributed by atoms with Gasteiger partial charge in [0.2, 0.25) is 0 Å². The minimum absolute atomic E-state index is 0.253. The summed E-state index contributed by atoms with van der Waals surface area (Å²) in [5.74, 6) is 5.34. The third-order valence-corrected chi connectivity index (χ3v) is 3.55. The predicted molar refractivity (Wildman–Crippen MR) is 82.1 cm³/mol. The number of aromatic nitrogens is 1. The van der Waals surface area contributed by atoms with Crippen LogP contribution in [0.25, 0.3) is 0 Å². The number of halogens is 2. The zero-order chi connectivity index (χ0) is 14.5. The van der Waals surface area contributed by atoms with E-state index >= 15 is 0 Å². The van der Waals surface area contributed by atoms with Gasteiger partial charge in [-0.25, -0.2) is 10.8 Å². The van der Waals surface area contributed by atoms with Gasteiger partial charge in [-0.15, -0.1) is 0 Å². The van der Waals surface area contributed by atoms with Gasteiger partial charge in [-0.2, -0.15) is 0 Å². The van der Waals surface area contributed by atoms with Crippen molar-refractivity contribution in [2.24, 2.45) is 5.84 Å². The van der Waals surface area contributed by atoms with Crippen molar-refractivity contribution in [3.63, 3.8) is 0 Å². The summed E-state index contributed by atoms with van der Waals surface area (Å²) in [7, 11) is 0. The fraction of sp³-hybridized carbons (Fsp3) is 0.0769. The van der Waals surface area contributed by atoms with Crippen LogP contribution in [-0.4, -0.2) is 10.9 Å². The van der Waals surface area contributed by atoms with Crippen LogP contribution in [0.4, 0.5) is 0 Å². The number of pyridine rings is 1. The number of hydrogen-bond acceptors (Lipinski definition) is 4. The van der Waals surface area contributed by atoms with Gasteiger partial charge in [0, 0.05) is 4.47 Å².